The number of benzene rings is 1. The summed E-state index contributed by atoms with van der Waals surface area (Å²) in [4.78, 5) is 35.1. The van der Waals surface area contributed by atoms with Gasteiger partial charge in [-0.25, -0.2) is 23.4 Å². The van der Waals surface area contributed by atoms with E-state index in [0.717, 1.165) is 19.5 Å². The summed E-state index contributed by atoms with van der Waals surface area (Å²) in [6.45, 7) is 2.50. The van der Waals surface area contributed by atoms with Crippen LogP contribution in [0.1, 0.15) is 23.4 Å². The molecule has 220 valence electrons. The number of carbonyl (C=O) groups excluding carboxylic acids is 1. The molecule has 4 aromatic rings. The van der Waals surface area contributed by atoms with E-state index in [4.69, 9.17) is 14.3 Å². The predicted octanol–water partition coefficient (Wildman–Crippen LogP) is 3.35. The molecule has 0 radical (unpaired) electrons. The molecule has 2 aliphatic rings. The quantitative estimate of drug-likeness (QED) is 0.205. The highest BCUT2D eigenvalue weighted by Crippen LogP contribution is 2.28. The molecule has 0 spiro atoms. The second-order valence-corrected chi connectivity index (χ2v) is 14.1. The Morgan fingerprint density at radius 3 is 2.76 bits per heavy atom. The molecular weight excluding hydrogens is 601 g/mol. The summed E-state index contributed by atoms with van der Waals surface area (Å²) in [5.41, 5.74) is 0.959. The van der Waals surface area contributed by atoms with E-state index in [1.807, 2.05) is 11.4 Å². The van der Waals surface area contributed by atoms with Crippen molar-refractivity contribution in [1.82, 2.24) is 19.9 Å². The average Bonchev–Trinajstić information content (AvgIpc) is 3.80. The van der Waals surface area contributed by atoms with Crippen molar-refractivity contribution in [3.05, 3.63) is 58.5 Å². The van der Waals surface area contributed by atoms with Gasteiger partial charge in [-0.2, -0.15) is 0 Å². The number of fused-ring (bicyclic) bond motifs is 1. The molecular formula is C27H28N6O6S3. The van der Waals surface area contributed by atoms with E-state index < -0.39 is 21.0 Å². The predicted molar refractivity (Wildman–Crippen MR) is 159 cm³/mol. The number of amides is 1. The zero-order valence-electron chi connectivity index (χ0n) is 22.6. The standard InChI is InChI=1S/C27H28N6O6S3/c1-33-11-8-18(14-33)39-22-7-6-21-26(30-22)41-27(29-21)31-25(34)24(32-38-16-23-28-10-13-40-23)17-2-4-19(5-3-17)42(35,36)20-9-12-37-15-20/h2-7,10,13,18,20H,8-9,11-12,14-16H2,1H3,(H,29,31,34)/b32-24+/t18-,20-/m0/s1. The Morgan fingerprint density at radius 2 is 2.05 bits per heavy atom. The van der Waals surface area contributed by atoms with Gasteiger partial charge in [-0.1, -0.05) is 28.6 Å². The van der Waals surface area contributed by atoms with Gasteiger partial charge >= 0.3 is 0 Å². The van der Waals surface area contributed by atoms with E-state index in [2.05, 4.69) is 37.4 Å². The minimum Gasteiger partial charge on any atom is -0.473 e. The number of hydrogen-bond acceptors (Lipinski definition) is 13. The van der Waals surface area contributed by atoms with Crippen molar-refractivity contribution >= 4 is 59.6 Å². The van der Waals surface area contributed by atoms with E-state index in [1.54, 1.807) is 12.3 Å². The van der Waals surface area contributed by atoms with Gasteiger partial charge < -0.3 is 19.2 Å². The van der Waals surface area contributed by atoms with Crippen LogP contribution in [0.15, 0.2) is 58.0 Å². The van der Waals surface area contributed by atoms with E-state index in [1.165, 1.54) is 46.9 Å². The first-order valence-corrected chi connectivity index (χ1v) is 16.5. The van der Waals surface area contributed by atoms with E-state index >= 15 is 0 Å². The average molecular weight is 629 g/mol. The van der Waals surface area contributed by atoms with Crippen LogP contribution in [-0.2, 0) is 30.8 Å². The minimum atomic E-state index is -3.56. The number of ether oxygens (including phenoxy) is 2. The van der Waals surface area contributed by atoms with Crippen molar-refractivity contribution in [3.63, 3.8) is 0 Å². The fraction of sp³-hybridized carbons (Fsp3) is 0.370. The van der Waals surface area contributed by atoms with Gasteiger partial charge in [0.05, 0.1) is 16.8 Å². The number of anilines is 1. The summed E-state index contributed by atoms with van der Waals surface area (Å²) in [5, 5.41) is 9.14. The molecule has 6 rings (SSSR count). The largest absolute Gasteiger partial charge is 0.473 e. The lowest BCUT2D eigenvalue weighted by Gasteiger charge is -2.12. The molecule has 2 saturated heterocycles. The maximum atomic E-state index is 13.4. The van der Waals surface area contributed by atoms with Crippen LogP contribution >= 0.6 is 22.7 Å². The molecule has 42 heavy (non-hydrogen) atoms. The SMILES string of the molecule is CN1CC[C@H](Oc2ccc3nc(NC(=O)/C(=N/OCc4nccs4)c4ccc(S(=O)(=O)[C@H]5CCOC5)cc4)sc3n2)C1. The van der Waals surface area contributed by atoms with E-state index in [0.29, 0.717) is 45.0 Å². The van der Waals surface area contributed by atoms with Crippen LogP contribution in [0.25, 0.3) is 10.3 Å². The molecule has 2 aliphatic heterocycles. The van der Waals surface area contributed by atoms with Crippen LogP contribution in [0.2, 0.25) is 0 Å². The number of carbonyl (C=O) groups is 1. The number of sulfone groups is 1. The number of nitrogens with zero attached hydrogens (tertiary/aromatic N) is 5. The van der Waals surface area contributed by atoms with Crippen LogP contribution in [-0.4, -0.2) is 84.6 Å². The van der Waals surface area contributed by atoms with E-state index in [-0.39, 0.29) is 29.9 Å². The number of nitrogens with one attached hydrogen (secondary N) is 1. The minimum absolute atomic E-state index is 0.0405. The Hall–Kier alpha value is -3.50. The summed E-state index contributed by atoms with van der Waals surface area (Å²) < 4.78 is 37.2. The highest BCUT2D eigenvalue weighted by molar-refractivity contribution is 7.92. The molecule has 0 saturated carbocycles. The third kappa shape index (κ3) is 6.44. The molecule has 2 atom stereocenters. The fourth-order valence-electron chi connectivity index (χ4n) is 4.69. The smallest absolute Gasteiger partial charge is 0.280 e. The fourth-order valence-corrected chi connectivity index (χ4v) is 7.62. The lowest BCUT2D eigenvalue weighted by Crippen LogP contribution is -2.25. The number of hydrogen-bond donors (Lipinski definition) is 1. The molecule has 5 heterocycles. The molecule has 1 aromatic carbocycles. The molecule has 1 amide bonds. The summed E-state index contributed by atoms with van der Waals surface area (Å²) in [6.07, 6.45) is 3.13. The monoisotopic (exact) mass is 628 g/mol. The Morgan fingerprint density at radius 1 is 1.19 bits per heavy atom. The van der Waals surface area contributed by atoms with Crippen molar-refractivity contribution in [2.75, 3.05) is 38.7 Å². The first-order valence-electron chi connectivity index (χ1n) is 13.3. The molecule has 15 heteroatoms. The van der Waals surface area contributed by atoms with Gasteiger partial charge in [-0.3, -0.25) is 10.1 Å². The second-order valence-electron chi connectivity index (χ2n) is 9.93. The molecule has 1 N–H and O–H groups in total. The van der Waals surface area contributed by atoms with Crippen LogP contribution in [0.5, 0.6) is 5.88 Å². The molecule has 0 aliphatic carbocycles. The zero-order chi connectivity index (χ0) is 29.1. The maximum absolute atomic E-state index is 13.4. The third-order valence-electron chi connectivity index (χ3n) is 6.91. The Bertz CT molecular complexity index is 1680. The van der Waals surface area contributed by atoms with Crippen molar-refractivity contribution in [3.8, 4) is 5.88 Å². The van der Waals surface area contributed by atoms with Gasteiger partial charge in [-0.15, -0.1) is 11.3 Å². The van der Waals surface area contributed by atoms with Gasteiger partial charge in [0.2, 0.25) is 5.88 Å². The molecule has 3 aromatic heterocycles. The van der Waals surface area contributed by atoms with Crippen molar-refractivity contribution in [2.45, 2.75) is 35.7 Å². The van der Waals surface area contributed by atoms with Crippen LogP contribution < -0.4 is 10.1 Å². The maximum Gasteiger partial charge on any atom is 0.280 e. The summed E-state index contributed by atoms with van der Waals surface area (Å²) in [7, 11) is -1.50. The van der Waals surface area contributed by atoms with Gasteiger partial charge in [-0.05, 0) is 38.1 Å². The first-order chi connectivity index (χ1) is 20.3. The highest BCUT2D eigenvalue weighted by atomic mass is 32.2. The molecule has 2 fully saturated rings. The van der Waals surface area contributed by atoms with Crippen LogP contribution in [0, 0.1) is 0 Å². The number of likely N-dealkylation sites (N-methyl/N-ethyl adjacent to an activating group) is 1. The Balaban J connectivity index is 1.21. The zero-order valence-corrected chi connectivity index (χ0v) is 25.1. The Labute approximate surface area is 250 Å². The number of pyridine rings is 1. The van der Waals surface area contributed by atoms with Gasteiger partial charge in [0, 0.05) is 42.9 Å². The molecule has 0 unspecified atom stereocenters. The number of oxime groups is 1. The molecule has 0 bridgehead atoms. The second kappa shape index (κ2) is 12.4. The van der Waals surface area contributed by atoms with Gasteiger partial charge in [0.25, 0.3) is 5.91 Å². The van der Waals surface area contributed by atoms with Gasteiger partial charge in [0.1, 0.15) is 21.5 Å². The van der Waals surface area contributed by atoms with Gasteiger partial charge in [0.15, 0.2) is 27.3 Å². The van der Waals surface area contributed by atoms with Crippen molar-refractivity contribution < 1.29 is 27.5 Å². The van der Waals surface area contributed by atoms with Crippen molar-refractivity contribution in [2.24, 2.45) is 5.16 Å². The summed E-state index contributed by atoms with van der Waals surface area (Å²) in [5.74, 6) is -0.0557. The van der Waals surface area contributed by atoms with Crippen LogP contribution in [0.3, 0.4) is 0 Å². The topological polar surface area (TPSA) is 145 Å². The summed E-state index contributed by atoms with van der Waals surface area (Å²) >= 11 is 2.61. The summed E-state index contributed by atoms with van der Waals surface area (Å²) in [6, 6.07) is 9.60. The number of aromatic nitrogens is 3. The third-order valence-corrected chi connectivity index (χ3v) is 10.7. The lowest BCUT2D eigenvalue weighted by molar-refractivity contribution is -0.110. The van der Waals surface area contributed by atoms with Crippen LogP contribution in [0.4, 0.5) is 5.13 Å². The number of thiazole rings is 2. The first kappa shape index (κ1) is 28.6. The number of likely N-dealkylation sites (tertiary alicyclic amines) is 1. The molecule has 12 nitrogen and oxygen atoms in total. The van der Waals surface area contributed by atoms with Crippen molar-refractivity contribution in [1.29, 1.82) is 0 Å². The van der Waals surface area contributed by atoms with E-state index in [9.17, 15) is 13.2 Å². The Kier molecular flexibility index (Phi) is 8.44. The number of rotatable bonds is 10. The lowest BCUT2D eigenvalue weighted by atomic mass is 10.1. The highest BCUT2D eigenvalue weighted by Gasteiger charge is 2.31. The normalized spacial score (nSPS) is 19.8.